The summed E-state index contributed by atoms with van der Waals surface area (Å²) in [6, 6.07) is 10.2. The Kier molecular flexibility index (Phi) is 4.84. The molecular weight excluding hydrogens is 306 g/mol. The van der Waals surface area contributed by atoms with E-state index in [9.17, 15) is 4.79 Å². The third-order valence-corrected chi connectivity index (χ3v) is 3.89. The minimum atomic E-state index is -0.193. The Morgan fingerprint density at radius 1 is 1.25 bits per heavy atom. The molecule has 1 aromatic carbocycles. The van der Waals surface area contributed by atoms with E-state index < -0.39 is 0 Å². The Morgan fingerprint density at radius 2 is 2.00 bits per heavy atom. The maximum Gasteiger partial charge on any atom is 0.292 e. The molecule has 1 aliphatic rings. The van der Waals surface area contributed by atoms with Crippen molar-refractivity contribution in [2.75, 3.05) is 20.3 Å². The van der Waals surface area contributed by atoms with E-state index >= 15 is 0 Å². The first-order valence-electron chi connectivity index (χ1n) is 7.91. The second-order valence-corrected chi connectivity index (χ2v) is 5.70. The average Bonchev–Trinajstić information content (AvgIpc) is 3.02. The summed E-state index contributed by atoms with van der Waals surface area (Å²) in [5.74, 6) is 1.45. The van der Waals surface area contributed by atoms with Crippen molar-refractivity contribution in [1.29, 1.82) is 0 Å². The number of ether oxygens (including phenoxy) is 2. The zero-order valence-electron chi connectivity index (χ0n) is 13.9. The molecule has 1 amide bonds. The Morgan fingerprint density at radius 3 is 2.75 bits per heavy atom. The van der Waals surface area contributed by atoms with Crippen molar-refractivity contribution in [1.82, 2.24) is 14.5 Å². The van der Waals surface area contributed by atoms with Crippen molar-refractivity contribution < 1.29 is 14.3 Å². The molecule has 0 unspecified atom stereocenters. The highest BCUT2D eigenvalue weighted by Crippen LogP contribution is 2.16. The second kappa shape index (κ2) is 7.21. The summed E-state index contributed by atoms with van der Waals surface area (Å²) in [5.41, 5.74) is 1.19. The van der Waals surface area contributed by atoms with Gasteiger partial charge in [-0.2, -0.15) is 0 Å². The number of carbonyl (C=O) groups is 1. The summed E-state index contributed by atoms with van der Waals surface area (Å²) in [6.07, 6.45) is 3.67. The molecule has 0 atom stereocenters. The van der Waals surface area contributed by atoms with Crippen LogP contribution in [0.15, 0.2) is 54.2 Å². The molecule has 0 fully saturated rings. The number of imidazole rings is 1. The van der Waals surface area contributed by atoms with Crippen LogP contribution in [0.1, 0.15) is 18.3 Å². The Balaban J connectivity index is 1.70. The molecular formula is C18H21N3O3. The van der Waals surface area contributed by atoms with Crippen LogP contribution in [0.3, 0.4) is 0 Å². The number of benzene rings is 1. The maximum atomic E-state index is 12.5. The van der Waals surface area contributed by atoms with Gasteiger partial charge >= 0.3 is 0 Å². The molecule has 0 saturated heterocycles. The molecule has 1 aromatic heterocycles. The minimum Gasteiger partial charge on any atom is -0.491 e. The van der Waals surface area contributed by atoms with Gasteiger partial charge in [0.05, 0.1) is 6.54 Å². The zero-order valence-corrected chi connectivity index (χ0v) is 13.9. The molecule has 1 aliphatic heterocycles. The fourth-order valence-corrected chi connectivity index (χ4v) is 2.59. The third kappa shape index (κ3) is 3.59. The van der Waals surface area contributed by atoms with E-state index in [1.165, 1.54) is 5.56 Å². The third-order valence-electron chi connectivity index (χ3n) is 3.89. The SMILES string of the molecule is CC1=C(C(=O)N(C)Cc2nccn2Cc2ccccc2)OCCO1. The van der Waals surface area contributed by atoms with Crippen molar-refractivity contribution in [3.8, 4) is 0 Å². The highest BCUT2D eigenvalue weighted by Gasteiger charge is 2.24. The monoisotopic (exact) mass is 327 g/mol. The van der Waals surface area contributed by atoms with E-state index in [-0.39, 0.29) is 11.7 Å². The smallest absolute Gasteiger partial charge is 0.292 e. The Bertz CT molecular complexity index is 737. The molecule has 24 heavy (non-hydrogen) atoms. The summed E-state index contributed by atoms with van der Waals surface area (Å²) in [6.45, 7) is 3.75. The number of rotatable bonds is 5. The van der Waals surface area contributed by atoms with Crippen molar-refractivity contribution in [2.24, 2.45) is 0 Å². The van der Waals surface area contributed by atoms with Gasteiger partial charge in [-0.05, 0) is 12.5 Å². The summed E-state index contributed by atoms with van der Waals surface area (Å²) in [4.78, 5) is 18.5. The average molecular weight is 327 g/mol. The predicted molar refractivity (Wildman–Crippen MR) is 88.8 cm³/mol. The lowest BCUT2D eigenvalue weighted by Gasteiger charge is -2.23. The van der Waals surface area contributed by atoms with Crippen molar-refractivity contribution in [2.45, 2.75) is 20.0 Å². The number of hydrogen-bond acceptors (Lipinski definition) is 4. The molecule has 6 heteroatoms. The van der Waals surface area contributed by atoms with Crippen LogP contribution in [-0.2, 0) is 27.4 Å². The summed E-state index contributed by atoms with van der Waals surface area (Å²) in [5, 5.41) is 0. The van der Waals surface area contributed by atoms with E-state index in [1.807, 2.05) is 29.0 Å². The normalized spacial score (nSPS) is 14.1. The summed E-state index contributed by atoms with van der Waals surface area (Å²) >= 11 is 0. The van der Waals surface area contributed by atoms with Gasteiger partial charge in [-0.25, -0.2) is 4.98 Å². The van der Waals surface area contributed by atoms with Crippen LogP contribution in [0.4, 0.5) is 0 Å². The fourth-order valence-electron chi connectivity index (χ4n) is 2.59. The van der Waals surface area contributed by atoms with Gasteiger partial charge < -0.3 is 18.9 Å². The molecule has 2 aromatic rings. The lowest BCUT2D eigenvalue weighted by atomic mass is 10.2. The number of carbonyl (C=O) groups excluding carboxylic acids is 1. The second-order valence-electron chi connectivity index (χ2n) is 5.70. The number of likely N-dealkylation sites (N-methyl/N-ethyl adjacent to an activating group) is 1. The first-order chi connectivity index (χ1) is 11.6. The zero-order chi connectivity index (χ0) is 16.9. The number of aromatic nitrogens is 2. The lowest BCUT2D eigenvalue weighted by molar-refractivity contribution is -0.132. The summed E-state index contributed by atoms with van der Waals surface area (Å²) in [7, 11) is 1.74. The quantitative estimate of drug-likeness (QED) is 0.844. The molecule has 0 spiro atoms. The molecule has 0 aliphatic carbocycles. The molecule has 6 nitrogen and oxygen atoms in total. The molecule has 126 valence electrons. The fraction of sp³-hybridized carbons (Fsp3) is 0.333. The Labute approximate surface area is 141 Å². The van der Waals surface area contributed by atoms with Crippen LogP contribution < -0.4 is 0 Å². The first-order valence-corrected chi connectivity index (χ1v) is 7.91. The van der Waals surface area contributed by atoms with E-state index in [0.717, 1.165) is 12.4 Å². The van der Waals surface area contributed by atoms with Crippen molar-refractivity contribution in [3.05, 3.63) is 65.6 Å². The summed E-state index contributed by atoms with van der Waals surface area (Å²) < 4.78 is 12.9. The van der Waals surface area contributed by atoms with Crippen LogP contribution in [0.25, 0.3) is 0 Å². The minimum absolute atomic E-state index is 0.193. The molecule has 0 saturated carbocycles. The number of amides is 1. The van der Waals surface area contributed by atoms with Gasteiger partial charge in [0.1, 0.15) is 24.8 Å². The molecule has 2 heterocycles. The highest BCUT2D eigenvalue weighted by atomic mass is 16.6. The first kappa shape index (κ1) is 16.1. The van der Waals surface area contributed by atoms with Gasteiger partial charge in [-0.3, -0.25) is 4.79 Å². The van der Waals surface area contributed by atoms with Gasteiger partial charge in [0.25, 0.3) is 5.91 Å². The van der Waals surface area contributed by atoms with Gasteiger partial charge in [0.15, 0.2) is 0 Å². The van der Waals surface area contributed by atoms with Crippen LogP contribution >= 0.6 is 0 Å². The van der Waals surface area contributed by atoms with Gasteiger partial charge in [0.2, 0.25) is 5.76 Å². The molecule has 0 radical (unpaired) electrons. The highest BCUT2D eigenvalue weighted by molar-refractivity contribution is 5.91. The molecule has 0 bridgehead atoms. The van der Waals surface area contributed by atoms with E-state index in [4.69, 9.17) is 9.47 Å². The van der Waals surface area contributed by atoms with E-state index in [0.29, 0.717) is 25.5 Å². The van der Waals surface area contributed by atoms with Gasteiger partial charge in [0, 0.05) is 26.0 Å². The van der Waals surface area contributed by atoms with Gasteiger partial charge in [-0.15, -0.1) is 0 Å². The molecule has 0 N–H and O–H groups in total. The van der Waals surface area contributed by atoms with Gasteiger partial charge in [-0.1, -0.05) is 30.3 Å². The number of nitrogens with zero attached hydrogens (tertiary/aromatic N) is 3. The molecule has 3 rings (SSSR count). The van der Waals surface area contributed by atoms with E-state index in [1.54, 1.807) is 25.1 Å². The van der Waals surface area contributed by atoms with Crippen LogP contribution in [0, 0.1) is 0 Å². The maximum absolute atomic E-state index is 12.5. The van der Waals surface area contributed by atoms with Crippen molar-refractivity contribution >= 4 is 5.91 Å². The largest absolute Gasteiger partial charge is 0.491 e. The lowest BCUT2D eigenvalue weighted by Crippen LogP contribution is -2.32. The van der Waals surface area contributed by atoms with Crippen LogP contribution in [-0.4, -0.2) is 40.6 Å². The van der Waals surface area contributed by atoms with Crippen LogP contribution in [0.2, 0.25) is 0 Å². The number of hydrogen-bond donors (Lipinski definition) is 0. The standard InChI is InChI=1S/C18H21N3O3/c1-14-17(24-11-10-23-14)18(22)20(2)13-16-19-8-9-21(16)12-15-6-4-3-5-7-15/h3-9H,10-13H2,1-2H3. The number of allylic oxidation sites excluding steroid dienone is 1. The van der Waals surface area contributed by atoms with Crippen LogP contribution in [0.5, 0.6) is 0 Å². The van der Waals surface area contributed by atoms with E-state index in [2.05, 4.69) is 17.1 Å². The predicted octanol–water partition coefficient (Wildman–Crippen LogP) is 2.17. The Hall–Kier alpha value is -2.76. The topological polar surface area (TPSA) is 56.6 Å². The van der Waals surface area contributed by atoms with Crippen molar-refractivity contribution in [3.63, 3.8) is 0 Å².